The predicted octanol–water partition coefficient (Wildman–Crippen LogP) is 3.72. The molecule has 1 heterocycles. The zero-order valence-corrected chi connectivity index (χ0v) is 13.9. The lowest BCUT2D eigenvalue weighted by Gasteiger charge is -2.36. The van der Waals surface area contributed by atoms with Crippen LogP contribution >= 0.6 is 35.4 Å². The van der Waals surface area contributed by atoms with Gasteiger partial charge < -0.3 is 10.2 Å². The summed E-state index contributed by atoms with van der Waals surface area (Å²) in [4.78, 5) is 4.65. The molecule has 1 saturated heterocycles. The Balaban J connectivity index is 1.89. The first-order valence-electron chi connectivity index (χ1n) is 6.83. The Morgan fingerprint density at radius 1 is 1.25 bits per heavy atom. The highest BCUT2D eigenvalue weighted by molar-refractivity contribution is 7.80. The van der Waals surface area contributed by atoms with Crippen LogP contribution in [0.3, 0.4) is 0 Å². The monoisotopic (exact) mass is 331 g/mol. The van der Waals surface area contributed by atoms with Crippen LogP contribution < -0.4 is 5.32 Å². The average Bonchev–Trinajstić information content (AvgIpc) is 2.43. The van der Waals surface area contributed by atoms with Gasteiger partial charge in [0.25, 0.3) is 0 Å². The highest BCUT2D eigenvalue weighted by Gasteiger charge is 2.18. The standard InChI is InChI=1S/C14H19Cl2N3S/c1-2-5-18-6-8-19(9-7-18)14(20)17-13-4-3-11(15)10-12(13)16/h3-4,10H,2,5-9H2,1H3,(H,17,20). The Labute approximate surface area is 135 Å². The van der Waals surface area contributed by atoms with Gasteiger partial charge in [-0.05, 0) is 43.4 Å². The molecule has 1 aromatic rings. The van der Waals surface area contributed by atoms with Crippen molar-refractivity contribution in [3.8, 4) is 0 Å². The minimum atomic E-state index is 0.587. The predicted molar refractivity (Wildman–Crippen MR) is 91.0 cm³/mol. The summed E-state index contributed by atoms with van der Waals surface area (Å²) in [6.07, 6.45) is 1.20. The fraction of sp³-hybridized carbons (Fsp3) is 0.500. The van der Waals surface area contributed by atoms with E-state index in [0.717, 1.165) is 43.5 Å². The number of anilines is 1. The maximum absolute atomic E-state index is 6.14. The first-order chi connectivity index (χ1) is 9.60. The third-order valence-electron chi connectivity index (χ3n) is 3.37. The van der Waals surface area contributed by atoms with Gasteiger partial charge in [-0.2, -0.15) is 0 Å². The zero-order valence-electron chi connectivity index (χ0n) is 11.5. The molecule has 0 atom stereocenters. The summed E-state index contributed by atoms with van der Waals surface area (Å²) in [5, 5.41) is 5.14. The number of rotatable bonds is 3. The number of nitrogens with one attached hydrogen (secondary N) is 1. The Morgan fingerprint density at radius 3 is 2.55 bits per heavy atom. The lowest BCUT2D eigenvalue weighted by Crippen LogP contribution is -2.50. The second-order valence-corrected chi connectivity index (χ2v) is 6.11. The van der Waals surface area contributed by atoms with Gasteiger partial charge >= 0.3 is 0 Å². The van der Waals surface area contributed by atoms with E-state index in [0.29, 0.717) is 10.0 Å². The topological polar surface area (TPSA) is 18.5 Å². The molecule has 1 N–H and O–H groups in total. The van der Waals surface area contributed by atoms with Gasteiger partial charge in [0, 0.05) is 31.2 Å². The van der Waals surface area contributed by atoms with Gasteiger partial charge in [-0.3, -0.25) is 4.90 Å². The molecule has 20 heavy (non-hydrogen) atoms. The van der Waals surface area contributed by atoms with Crippen molar-refractivity contribution in [3.63, 3.8) is 0 Å². The van der Waals surface area contributed by atoms with E-state index in [9.17, 15) is 0 Å². The fourth-order valence-electron chi connectivity index (χ4n) is 2.28. The zero-order chi connectivity index (χ0) is 14.5. The van der Waals surface area contributed by atoms with Gasteiger partial charge in [-0.15, -0.1) is 0 Å². The molecule has 0 spiro atoms. The molecule has 0 amide bonds. The van der Waals surface area contributed by atoms with Gasteiger partial charge in [0.05, 0.1) is 10.7 Å². The summed E-state index contributed by atoms with van der Waals surface area (Å²) in [5.41, 5.74) is 0.803. The number of piperazine rings is 1. The lowest BCUT2D eigenvalue weighted by molar-refractivity contribution is 0.184. The Bertz CT molecular complexity index is 473. The number of benzene rings is 1. The number of halogens is 2. The van der Waals surface area contributed by atoms with Gasteiger partial charge in [0.15, 0.2) is 5.11 Å². The molecule has 0 bridgehead atoms. The third kappa shape index (κ3) is 4.22. The van der Waals surface area contributed by atoms with Crippen LogP contribution in [0, 0.1) is 0 Å². The summed E-state index contributed by atoms with van der Waals surface area (Å²) in [6, 6.07) is 5.37. The minimum Gasteiger partial charge on any atom is -0.346 e. The van der Waals surface area contributed by atoms with Crippen LogP contribution in [-0.4, -0.2) is 47.6 Å². The molecule has 0 saturated carbocycles. The van der Waals surface area contributed by atoms with E-state index in [2.05, 4.69) is 22.0 Å². The molecule has 0 aromatic heterocycles. The Morgan fingerprint density at radius 2 is 1.95 bits per heavy atom. The highest BCUT2D eigenvalue weighted by atomic mass is 35.5. The van der Waals surface area contributed by atoms with Crippen molar-refractivity contribution >= 4 is 46.2 Å². The summed E-state index contributed by atoms with van der Waals surface area (Å²) in [5.74, 6) is 0. The lowest BCUT2D eigenvalue weighted by atomic mass is 10.3. The van der Waals surface area contributed by atoms with Crippen LogP contribution in [0.25, 0.3) is 0 Å². The van der Waals surface area contributed by atoms with E-state index >= 15 is 0 Å². The smallest absolute Gasteiger partial charge is 0.173 e. The van der Waals surface area contributed by atoms with Crippen LogP contribution in [0.4, 0.5) is 5.69 Å². The van der Waals surface area contributed by atoms with E-state index in [1.807, 2.05) is 6.07 Å². The van der Waals surface area contributed by atoms with Crippen LogP contribution in [0.5, 0.6) is 0 Å². The molecule has 0 radical (unpaired) electrons. The second-order valence-electron chi connectivity index (χ2n) is 4.88. The van der Waals surface area contributed by atoms with Crippen molar-refractivity contribution in [2.24, 2.45) is 0 Å². The van der Waals surface area contributed by atoms with Crippen molar-refractivity contribution in [1.82, 2.24) is 9.80 Å². The van der Waals surface area contributed by atoms with Crippen LogP contribution in [0.2, 0.25) is 10.0 Å². The normalized spacial score (nSPS) is 16.2. The molecule has 3 nitrogen and oxygen atoms in total. The molecule has 0 aliphatic carbocycles. The third-order valence-corrected chi connectivity index (χ3v) is 4.28. The van der Waals surface area contributed by atoms with Crippen molar-refractivity contribution in [2.75, 3.05) is 38.0 Å². The van der Waals surface area contributed by atoms with Gasteiger partial charge in [0.2, 0.25) is 0 Å². The van der Waals surface area contributed by atoms with Crippen LogP contribution in [0.1, 0.15) is 13.3 Å². The van der Waals surface area contributed by atoms with E-state index in [-0.39, 0.29) is 0 Å². The highest BCUT2D eigenvalue weighted by Crippen LogP contribution is 2.25. The second kappa shape index (κ2) is 7.46. The summed E-state index contributed by atoms with van der Waals surface area (Å²) >= 11 is 17.5. The number of nitrogens with zero attached hydrogens (tertiary/aromatic N) is 2. The maximum atomic E-state index is 6.14. The van der Waals surface area contributed by atoms with Crippen molar-refractivity contribution in [2.45, 2.75) is 13.3 Å². The van der Waals surface area contributed by atoms with Gasteiger partial charge in [-0.1, -0.05) is 30.1 Å². The fourth-order valence-corrected chi connectivity index (χ4v) is 3.02. The molecule has 2 rings (SSSR count). The minimum absolute atomic E-state index is 0.587. The van der Waals surface area contributed by atoms with Crippen molar-refractivity contribution < 1.29 is 0 Å². The molecule has 110 valence electrons. The molecule has 1 aliphatic heterocycles. The molecule has 6 heteroatoms. The van der Waals surface area contributed by atoms with Crippen molar-refractivity contribution in [3.05, 3.63) is 28.2 Å². The number of thiocarbonyl (C=S) groups is 1. The summed E-state index contributed by atoms with van der Waals surface area (Å²) < 4.78 is 0. The van der Waals surface area contributed by atoms with Gasteiger partial charge in [-0.25, -0.2) is 0 Å². The van der Waals surface area contributed by atoms with E-state index in [4.69, 9.17) is 35.4 Å². The first-order valence-corrected chi connectivity index (χ1v) is 8.00. The van der Waals surface area contributed by atoms with Crippen molar-refractivity contribution in [1.29, 1.82) is 0 Å². The maximum Gasteiger partial charge on any atom is 0.173 e. The van der Waals surface area contributed by atoms with Crippen LogP contribution in [-0.2, 0) is 0 Å². The van der Waals surface area contributed by atoms with Gasteiger partial charge in [0.1, 0.15) is 0 Å². The van der Waals surface area contributed by atoms with E-state index in [1.165, 1.54) is 6.42 Å². The SMILES string of the molecule is CCCN1CCN(C(=S)Nc2ccc(Cl)cc2Cl)CC1. The average molecular weight is 332 g/mol. The summed E-state index contributed by atoms with van der Waals surface area (Å²) in [7, 11) is 0. The number of hydrogen-bond acceptors (Lipinski definition) is 2. The molecule has 1 aromatic carbocycles. The number of hydrogen-bond donors (Lipinski definition) is 1. The molecular weight excluding hydrogens is 313 g/mol. The van der Waals surface area contributed by atoms with E-state index in [1.54, 1.807) is 12.1 Å². The summed E-state index contributed by atoms with van der Waals surface area (Å²) in [6.45, 7) is 7.40. The Kier molecular flexibility index (Phi) is 5.90. The quantitative estimate of drug-likeness (QED) is 0.850. The van der Waals surface area contributed by atoms with Crippen LogP contribution in [0.15, 0.2) is 18.2 Å². The molecule has 0 unspecified atom stereocenters. The Hall–Kier alpha value is -0.550. The first kappa shape index (κ1) is 15.8. The van der Waals surface area contributed by atoms with E-state index < -0.39 is 0 Å². The molecule has 1 aliphatic rings. The molecular formula is C14H19Cl2N3S. The molecule has 1 fully saturated rings. The largest absolute Gasteiger partial charge is 0.346 e.